The number of likely N-dealkylation sites (tertiary alicyclic amines) is 1. The summed E-state index contributed by atoms with van der Waals surface area (Å²) in [4.78, 5) is 17.5. The van der Waals surface area contributed by atoms with Crippen LogP contribution in [0.3, 0.4) is 0 Å². The minimum absolute atomic E-state index is 0.308. The topological polar surface area (TPSA) is 32.8 Å². The number of piperidine rings is 2. The molecule has 0 radical (unpaired) electrons. The Kier molecular flexibility index (Phi) is 5.17. The summed E-state index contributed by atoms with van der Waals surface area (Å²) in [6.07, 6.45) is 8.10. The molecule has 29 heavy (non-hydrogen) atoms. The number of nitrogens with zero attached hydrogens (tertiary/aromatic N) is 2. The quantitative estimate of drug-likeness (QED) is 0.664. The molecule has 0 saturated carbocycles. The van der Waals surface area contributed by atoms with Crippen LogP contribution in [-0.4, -0.2) is 41.0 Å². The van der Waals surface area contributed by atoms with E-state index in [0.29, 0.717) is 24.0 Å². The maximum absolute atomic E-state index is 13.1. The van der Waals surface area contributed by atoms with E-state index in [1.807, 2.05) is 30.3 Å². The van der Waals surface area contributed by atoms with Gasteiger partial charge in [-0.1, -0.05) is 30.3 Å². The highest BCUT2D eigenvalue weighted by Crippen LogP contribution is 2.44. The lowest BCUT2D eigenvalue weighted by Gasteiger charge is -2.42. The van der Waals surface area contributed by atoms with Crippen LogP contribution in [0, 0.1) is 0 Å². The van der Waals surface area contributed by atoms with E-state index in [1.165, 1.54) is 12.0 Å². The number of para-hydroxylation sites is 1. The Morgan fingerprint density at radius 2 is 1.41 bits per heavy atom. The molecule has 3 atom stereocenters. The summed E-state index contributed by atoms with van der Waals surface area (Å²) >= 11 is 0. The molecule has 0 N–H and O–H groups in total. The van der Waals surface area contributed by atoms with Gasteiger partial charge in [0.05, 0.1) is 0 Å². The number of hydrogen-bond acceptors (Lipinski definition) is 2. The summed E-state index contributed by atoms with van der Waals surface area (Å²) in [5, 5.41) is 0. The van der Waals surface area contributed by atoms with E-state index >= 15 is 0 Å². The number of ether oxygens (including phenoxy) is 1. The van der Waals surface area contributed by atoms with Gasteiger partial charge >= 0.3 is 6.03 Å². The standard InChI is InChI=1S/C25H30N2O2/c28-25(26-15-5-2-6-16-26)27-21-11-12-22(27)18-20(17-21)19-9-13-24(14-10-19)29-23-7-3-1-4-8-23/h1,3-4,7-10,13-14,20-22H,2,5-6,11-12,15-18H2/t20?,21-,22+. The number of rotatable bonds is 3. The first-order valence-electron chi connectivity index (χ1n) is 11.2. The molecule has 3 heterocycles. The zero-order valence-electron chi connectivity index (χ0n) is 17.0. The maximum atomic E-state index is 13.1. The van der Waals surface area contributed by atoms with Gasteiger partial charge in [0.2, 0.25) is 0 Å². The normalized spacial score (nSPS) is 26.4. The van der Waals surface area contributed by atoms with Crippen LogP contribution in [0.1, 0.15) is 56.4 Å². The van der Waals surface area contributed by atoms with Crippen molar-refractivity contribution in [1.82, 2.24) is 9.80 Å². The average Bonchev–Trinajstić information content (AvgIpc) is 3.04. The molecule has 2 aromatic carbocycles. The first kappa shape index (κ1) is 18.5. The van der Waals surface area contributed by atoms with Gasteiger partial charge in [-0.15, -0.1) is 0 Å². The van der Waals surface area contributed by atoms with Crippen molar-refractivity contribution < 1.29 is 9.53 Å². The molecule has 3 fully saturated rings. The molecule has 2 aromatic rings. The van der Waals surface area contributed by atoms with Crippen molar-refractivity contribution >= 4 is 6.03 Å². The molecule has 1 unspecified atom stereocenters. The second-order valence-electron chi connectivity index (χ2n) is 8.78. The summed E-state index contributed by atoms with van der Waals surface area (Å²) in [6, 6.07) is 19.6. The van der Waals surface area contributed by atoms with Crippen molar-refractivity contribution in [2.45, 2.75) is 62.9 Å². The Bertz CT molecular complexity index is 816. The first-order chi connectivity index (χ1) is 14.3. The maximum Gasteiger partial charge on any atom is 0.320 e. The highest BCUT2D eigenvalue weighted by molar-refractivity contribution is 5.76. The van der Waals surface area contributed by atoms with Crippen molar-refractivity contribution in [3.05, 3.63) is 60.2 Å². The molecule has 5 rings (SSSR count). The van der Waals surface area contributed by atoms with Crippen LogP contribution in [0.5, 0.6) is 11.5 Å². The molecule has 2 bridgehead atoms. The van der Waals surface area contributed by atoms with Crippen molar-refractivity contribution in [3.63, 3.8) is 0 Å². The van der Waals surface area contributed by atoms with Crippen LogP contribution in [0.25, 0.3) is 0 Å². The van der Waals surface area contributed by atoms with Gasteiger partial charge in [0.1, 0.15) is 11.5 Å². The largest absolute Gasteiger partial charge is 0.457 e. The van der Waals surface area contributed by atoms with E-state index in [0.717, 1.165) is 63.1 Å². The number of fused-ring (bicyclic) bond motifs is 2. The fourth-order valence-corrected chi connectivity index (χ4v) is 5.44. The summed E-state index contributed by atoms with van der Waals surface area (Å²) in [6.45, 7) is 1.89. The smallest absolute Gasteiger partial charge is 0.320 e. The third-order valence-electron chi connectivity index (χ3n) is 6.91. The Hall–Kier alpha value is -2.49. The van der Waals surface area contributed by atoms with E-state index in [2.05, 4.69) is 34.1 Å². The number of carbonyl (C=O) groups excluding carboxylic acids is 1. The van der Waals surface area contributed by atoms with Crippen molar-refractivity contribution in [2.75, 3.05) is 13.1 Å². The molecule has 4 heteroatoms. The molecule has 0 aliphatic carbocycles. The first-order valence-corrected chi connectivity index (χ1v) is 11.2. The van der Waals surface area contributed by atoms with Gasteiger partial charge in [-0.05, 0) is 80.7 Å². The Balaban J connectivity index is 1.24. The van der Waals surface area contributed by atoms with Gasteiger partial charge in [0, 0.05) is 25.2 Å². The number of urea groups is 1. The van der Waals surface area contributed by atoms with Crippen LogP contribution in [0.4, 0.5) is 4.79 Å². The molecule has 3 aliphatic heterocycles. The van der Waals surface area contributed by atoms with Gasteiger partial charge < -0.3 is 14.5 Å². The van der Waals surface area contributed by atoms with Gasteiger partial charge in [-0.3, -0.25) is 0 Å². The molecule has 0 spiro atoms. The zero-order valence-corrected chi connectivity index (χ0v) is 17.0. The minimum Gasteiger partial charge on any atom is -0.457 e. The Morgan fingerprint density at radius 3 is 2.07 bits per heavy atom. The number of amides is 2. The van der Waals surface area contributed by atoms with E-state index in [4.69, 9.17) is 4.74 Å². The Labute approximate surface area is 173 Å². The average molecular weight is 391 g/mol. The third kappa shape index (κ3) is 3.85. The monoisotopic (exact) mass is 390 g/mol. The molecule has 3 aliphatic rings. The lowest BCUT2D eigenvalue weighted by Crippen LogP contribution is -2.53. The highest BCUT2D eigenvalue weighted by Gasteiger charge is 2.44. The number of benzene rings is 2. The van der Waals surface area contributed by atoms with E-state index in [9.17, 15) is 4.79 Å². The van der Waals surface area contributed by atoms with E-state index in [-0.39, 0.29) is 0 Å². The summed E-state index contributed by atoms with van der Waals surface area (Å²) < 4.78 is 5.93. The van der Waals surface area contributed by atoms with Gasteiger partial charge in [0.25, 0.3) is 0 Å². The summed E-state index contributed by atoms with van der Waals surface area (Å²) in [5.41, 5.74) is 1.38. The Morgan fingerprint density at radius 1 is 0.793 bits per heavy atom. The van der Waals surface area contributed by atoms with Crippen LogP contribution < -0.4 is 4.74 Å². The molecular weight excluding hydrogens is 360 g/mol. The fourth-order valence-electron chi connectivity index (χ4n) is 5.44. The number of carbonyl (C=O) groups is 1. The summed E-state index contributed by atoms with van der Waals surface area (Å²) in [7, 11) is 0. The van der Waals surface area contributed by atoms with Crippen LogP contribution in [0.2, 0.25) is 0 Å². The van der Waals surface area contributed by atoms with Crippen LogP contribution in [0.15, 0.2) is 54.6 Å². The lowest BCUT2D eigenvalue weighted by molar-refractivity contribution is 0.0991. The zero-order chi connectivity index (χ0) is 19.6. The van der Waals surface area contributed by atoms with E-state index in [1.54, 1.807) is 0 Å². The lowest BCUT2D eigenvalue weighted by atomic mass is 9.85. The van der Waals surface area contributed by atoms with Gasteiger partial charge in [0.15, 0.2) is 0 Å². The van der Waals surface area contributed by atoms with Crippen LogP contribution >= 0.6 is 0 Å². The van der Waals surface area contributed by atoms with Crippen molar-refractivity contribution in [2.24, 2.45) is 0 Å². The molecule has 3 saturated heterocycles. The van der Waals surface area contributed by atoms with Gasteiger partial charge in [-0.25, -0.2) is 4.79 Å². The van der Waals surface area contributed by atoms with Crippen molar-refractivity contribution in [1.29, 1.82) is 0 Å². The second-order valence-corrected chi connectivity index (χ2v) is 8.78. The molecule has 152 valence electrons. The fraction of sp³-hybridized carbons (Fsp3) is 0.480. The van der Waals surface area contributed by atoms with Gasteiger partial charge in [-0.2, -0.15) is 0 Å². The third-order valence-corrected chi connectivity index (χ3v) is 6.91. The highest BCUT2D eigenvalue weighted by atomic mass is 16.5. The predicted octanol–water partition coefficient (Wildman–Crippen LogP) is 5.80. The minimum atomic E-state index is 0.308. The van der Waals surface area contributed by atoms with E-state index < -0.39 is 0 Å². The molecule has 2 amide bonds. The van der Waals surface area contributed by atoms with Crippen LogP contribution in [-0.2, 0) is 0 Å². The number of hydrogen-bond donors (Lipinski definition) is 0. The summed E-state index contributed by atoms with van der Waals surface area (Å²) in [5.74, 6) is 2.28. The SMILES string of the molecule is O=C(N1CCCCC1)N1[C@@H]2CC[C@H]1CC(c1ccc(Oc3ccccc3)cc1)C2. The van der Waals surface area contributed by atoms with Crippen molar-refractivity contribution in [3.8, 4) is 11.5 Å². The molecular formula is C25H30N2O2. The second kappa shape index (κ2) is 8.10. The predicted molar refractivity (Wildman–Crippen MR) is 114 cm³/mol. The molecule has 0 aromatic heterocycles. The molecule has 4 nitrogen and oxygen atoms in total.